The van der Waals surface area contributed by atoms with Gasteiger partial charge < -0.3 is 10.6 Å². The Hall–Kier alpha value is -1.42. The van der Waals surface area contributed by atoms with Gasteiger partial charge in [0.1, 0.15) is 5.82 Å². The first kappa shape index (κ1) is 14.0. The van der Waals surface area contributed by atoms with Crippen LogP contribution >= 0.6 is 0 Å². The van der Waals surface area contributed by atoms with Gasteiger partial charge in [-0.2, -0.15) is 0 Å². The largest absolute Gasteiger partial charge is 0.352 e. The Balaban J connectivity index is 1.74. The molecule has 1 atom stereocenters. The minimum Gasteiger partial charge on any atom is -0.352 e. The zero-order chi connectivity index (χ0) is 13.8. The highest BCUT2D eigenvalue weighted by atomic mass is 19.1. The fourth-order valence-corrected chi connectivity index (χ4v) is 2.01. The first-order valence-corrected chi connectivity index (χ1v) is 6.85. The van der Waals surface area contributed by atoms with E-state index < -0.39 is 0 Å². The highest BCUT2D eigenvalue weighted by Gasteiger charge is 2.25. The molecular weight excluding hydrogens is 243 g/mol. The van der Waals surface area contributed by atoms with Crippen molar-refractivity contribution in [2.24, 2.45) is 0 Å². The number of hydrogen-bond acceptors (Lipinski definition) is 2. The summed E-state index contributed by atoms with van der Waals surface area (Å²) in [5.41, 5.74) is 2.07. The van der Waals surface area contributed by atoms with Crippen molar-refractivity contribution in [3.05, 3.63) is 35.1 Å². The van der Waals surface area contributed by atoms with Gasteiger partial charge in [-0.15, -0.1) is 0 Å². The lowest BCUT2D eigenvalue weighted by molar-refractivity contribution is -0.122. The summed E-state index contributed by atoms with van der Waals surface area (Å²) in [6.45, 7) is 4.49. The van der Waals surface area contributed by atoms with Gasteiger partial charge in [-0.3, -0.25) is 4.79 Å². The number of amides is 1. The molecule has 0 spiro atoms. The maximum Gasteiger partial charge on any atom is 0.237 e. The van der Waals surface area contributed by atoms with Crippen LogP contribution in [0.5, 0.6) is 0 Å². The summed E-state index contributed by atoms with van der Waals surface area (Å²) in [5.74, 6) is -0.135. The van der Waals surface area contributed by atoms with E-state index in [1.807, 2.05) is 13.8 Å². The van der Waals surface area contributed by atoms with Crippen molar-refractivity contribution in [2.75, 3.05) is 6.54 Å². The number of aryl methyl sites for hydroxylation is 1. The van der Waals surface area contributed by atoms with Crippen LogP contribution in [0.4, 0.5) is 4.39 Å². The Morgan fingerprint density at radius 1 is 1.47 bits per heavy atom. The van der Waals surface area contributed by atoms with Crippen molar-refractivity contribution in [1.29, 1.82) is 0 Å². The number of carbonyl (C=O) groups is 1. The second kappa shape index (κ2) is 6.15. The van der Waals surface area contributed by atoms with E-state index in [4.69, 9.17) is 0 Å². The summed E-state index contributed by atoms with van der Waals surface area (Å²) in [5, 5.41) is 6.17. The summed E-state index contributed by atoms with van der Waals surface area (Å²) >= 11 is 0. The summed E-state index contributed by atoms with van der Waals surface area (Å²) < 4.78 is 13.0. The maximum atomic E-state index is 13.0. The van der Waals surface area contributed by atoms with E-state index >= 15 is 0 Å². The van der Waals surface area contributed by atoms with Crippen LogP contribution in [0.15, 0.2) is 18.2 Å². The number of halogens is 1. The molecule has 1 saturated carbocycles. The molecule has 1 aromatic rings. The molecule has 104 valence electrons. The maximum absolute atomic E-state index is 13.0. The fraction of sp³-hybridized carbons (Fsp3) is 0.533. The highest BCUT2D eigenvalue weighted by molar-refractivity contribution is 5.81. The summed E-state index contributed by atoms with van der Waals surface area (Å²) in [6, 6.07) is 5.04. The van der Waals surface area contributed by atoms with Gasteiger partial charge in [0.05, 0.1) is 6.04 Å². The predicted molar refractivity (Wildman–Crippen MR) is 73.5 cm³/mol. The van der Waals surface area contributed by atoms with E-state index in [1.165, 1.54) is 6.07 Å². The Kier molecular flexibility index (Phi) is 4.53. The molecule has 1 unspecified atom stereocenters. The Labute approximate surface area is 113 Å². The third-order valence-electron chi connectivity index (χ3n) is 3.47. The Morgan fingerprint density at radius 2 is 2.21 bits per heavy atom. The molecule has 0 bridgehead atoms. The van der Waals surface area contributed by atoms with E-state index in [9.17, 15) is 9.18 Å². The quantitative estimate of drug-likeness (QED) is 0.824. The molecule has 0 radical (unpaired) electrons. The van der Waals surface area contributed by atoms with Gasteiger partial charge in [0.25, 0.3) is 0 Å². The molecule has 3 nitrogen and oxygen atoms in total. The smallest absolute Gasteiger partial charge is 0.237 e. The van der Waals surface area contributed by atoms with Crippen molar-refractivity contribution in [2.45, 2.75) is 45.2 Å². The fourth-order valence-electron chi connectivity index (χ4n) is 2.01. The second-order valence-electron chi connectivity index (χ2n) is 5.28. The normalized spacial score (nSPS) is 16.2. The Bertz CT molecular complexity index is 457. The number of hydrogen-bond donors (Lipinski definition) is 2. The van der Waals surface area contributed by atoms with Crippen molar-refractivity contribution in [1.82, 2.24) is 10.6 Å². The third kappa shape index (κ3) is 4.31. The van der Waals surface area contributed by atoms with E-state index in [-0.39, 0.29) is 17.8 Å². The van der Waals surface area contributed by atoms with E-state index in [0.717, 1.165) is 30.4 Å². The van der Waals surface area contributed by atoms with Crippen LogP contribution in [-0.2, 0) is 11.2 Å². The monoisotopic (exact) mass is 264 g/mol. The van der Waals surface area contributed by atoms with Gasteiger partial charge in [0.15, 0.2) is 0 Å². The Morgan fingerprint density at radius 3 is 2.84 bits per heavy atom. The number of nitrogens with one attached hydrogen (secondary N) is 2. The molecule has 1 aromatic carbocycles. The van der Waals surface area contributed by atoms with Crippen LogP contribution in [-0.4, -0.2) is 24.5 Å². The van der Waals surface area contributed by atoms with Crippen LogP contribution < -0.4 is 10.6 Å². The van der Waals surface area contributed by atoms with Crippen LogP contribution in [0.2, 0.25) is 0 Å². The van der Waals surface area contributed by atoms with Crippen LogP contribution in [0, 0.1) is 12.7 Å². The number of carbonyl (C=O) groups excluding carboxylic acids is 1. The van der Waals surface area contributed by atoms with Gasteiger partial charge in [-0.1, -0.05) is 6.07 Å². The molecular formula is C15H21FN2O. The summed E-state index contributed by atoms with van der Waals surface area (Å²) in [6.07, 6.45) is 3.01. The van der Waals surface area contributed by atoms with Crippen LogP contribution in [0.3, 0.4) is 0 Å². The first-order valence-electron chi connectivity index (χ1n) is 6.85. The lowest BCUT2D eigenvalue weighted by atomic mass is 10.1. The molecule has 1 fully saturated rings. The molecule has 0 aliphatic heterocycles. The summed E-state index contributed by atoms with van der Waals surface area (Å²) in [7, 11) is 0. The van der Waals surface area contributed by atoms with Gasteiger partial charge >= 0.3 is 0 Å². The SMILES string of the molecule is Cc1cc(F)ccc1CCNC(C)C(=O)NC1CC1. The average Bonchev–Trinajstić information content (AvgIpc) is 3.15. The van der Waals surface area contributed by atoms with E-state index in [0.29, 0.717) is 12.6 Å². The van der Waals surface area contributed by atoms with Crippen molar-refractivity contribution < 1.29 is 9.18 Å². The molecule has 0 heterocycles. The minimum absolute atomic E-state index is 0.0679. The van der Waals surface area contributed by atoms with Gasteiger partial charge in [0, 0.05) is 6.04 Å². The molecule has 0 aromatic heterocycles. The zero-order valence-corrected chi connectivity index (χ0v) is 11.5. The highest BCUT2D eigenvalue weighted by Crippen LogP contribution is 2.18. The number of benzene rings is 1. The predicted octanol–water partition coefficient (Wildman–Crippen LogP) is 1.93. The molecule has 2 N–H and O–H groups in total. The molecule has 19 heavy (non-hydrogen) atoms. The molecule has 1 aliphatic rings. The van der Waals surface area contributed by atoms with Crippen LogP contribution in [0.25, 0.3) is 0 Å². The molecule has 2 rings (SSSR count). The van der Waals surface area contributed by atoms with Gasteiger partial charge in [0.2, 0.25) is 5.91 Å². The van der Waals surface area contributed by atoms with Crippen molar-refractivity contribution in [3.8, 4) is 0 Å². The minimum atomic E-state index is -0.202. The standard InChI is InChI=1S/C15H21FN2O/c1-10-9-13(16)4-3-12(10)7-8-17-11(2)15(19)18-14-5-6-14/h3-4,9,11,14,17H,5-8H2,1-2H3,(H,18,19). The average molecular weight is 264 g/mol. The van der Waals surface area contributed by atoms with Crippen molar-refractivity contribution in [3.63, 3.8) is 0 Å². The molecule has 1 amide bonds. The van der Waals surface area contributed by atoms with Gasteiger partial charge in [-0.25, -0.2) is 4.39 Å². The first-order chi connectivity index (χ1) is 9.06. The third-order valence-corrected chi connectivity index (χ3v) is 3.47. The zero-order valence-electron chi connectivity index (χ0n) is 11.5. The number of rotatable bonds is 6. The van der Waals surface area contributed by atoms with Gasteiger partial charge in [-0.05, 0) is 62.9 Å². The topological polar surface area (TPSA) is 41.1 Å². The molecule has 0 saturated heterocycles. The van der Waals surface area contributed by atoms with E-state index in [2.05, 4.69) is 10.6 Å². The van der Waals surface area contributed by atoms with E-state index in [1.54, 1.807) is 12.1 Å². The molecule has 4 heteroatoms. The molecule has 1 aliphatic carbocycles. The van der Waals surface area contributed by atoms with Crippen molar-refractivity contribution >= 4 is 5.91 Å². The lowest BCUT2D eigenvalue weighted by Gasteiger charge is -2.14. The second-order valence-corrected chi connectivity index (χ2v) is 5.28. The summed E-state index contributed by atoms with van der Waals surface area (Å²) in [4.78, 5) is 11.7. The lowest BCUT2D eigenvalue weighted by Crippen LogP contribution is -2.43. The van der Waals surface area contributed by atoms with Crippen LogP contribution in [0.1, 0.15) is 30.9 Å².